The van der Waals surface area contributed by atoms with Gasteiger partial charge in [-0.3, -0.25) is 24.0 Å². The van der Waals surface area contributed by atoms with Gasteiger partial charge in [0.15, 0.2) is 30.7 Å². The van der Waals surface area contributed by atoms with Gasteiger partial charge in [-0.2, -0.15) is 0 Å². The van der Waals surface area contributed by atoms with Crippen LogP contribution >= 0.6 is 0 Å². The first kappa shape index (κ1) is 33.8. The number of methoxy groups -OCH3 is 2. The zero-order valence-electron chi connectivity index (χ0n) is 23.7. The van der Waals surface area contributed by atoms with Crippen LogP contribution in [-0.2, 0) is 66.7 Å². The van der Waals surface area contributed by atoms with Crippen molar-refractivity contribution in [1.29, 1.82) is 0 Å². The number of hydrogen-bond acceptors (Lipinski definition) is 14. The SMILES string of the molecule is COC(=O)[C@H](CC(C)(C)C)[C@@H](O[C@@H]1O[C@H](COC(C)=O)[C@H](OC(C)=O)[C@H](OC(C)=O)[C@H]1OC(C)=O)C(=O)OC. The van der Waals surface area contributed by atoms with Gasteiger partial charge >= 0.3 is 35.8 Å². The highest BCUT2D eigenvalue weighted by Gasteiger charge is 2.54. The maximum Gasteiger partial charge on any atom is 0.336 e. The second-order valence-electron chi connectivity index (χ2n) is 10.0. The van der Waals surface area contributed by atoms with E-state index in [4.69, 9.17) is 37.9 Å². The first-order valence-electron chi connectivity index (χ1n) is 12.1. The summed E-state index contributed by atoms with van der Waals surface area (Å²) in [6, 6.07) is 0. The van der Waals surface area contributed by atoms with E-state index >= 15 is 0 Å². The Morgan fingerprint density at radius 2 is 1.21 bits per heavy atom. The normalized spacial score (nSPS) is 24.4. The summed E-state index contributed by atoms with van der Waals surface area (Å²) in [5.41, 5.74) is -0.490. The van der Waals surface area contributed by atoms with Gasteiger partial charge in [-0.15, -0.1) is 0 Å². The zero-order valence-corrected chi connectivity index (χ0v) is 23.7. The van der Waals surface area contributed by atoms with Crippen LogP contribution in [0.25, 0.3) is 0 Å². The molecule has 0 aromatic carbocycles. The van der Waals surface area contributed by atoms with Crippen LogP contribution in [0.1, 0.15) is 54.9 Å². The highest BCUT2D eigenvalue weighted by Crippen LogP contribution is 2.34. The Morgan fingerprint density at radius 1 is 0.718 bits per heavy atom. The van der Waals surface area contributed by atoms with Gasteiger partial charge < -0.3 is 37.9 Å². The van der Waals surface area contributed by atoms with Gasteiger partial charge in [-0.25, -0.2) is 4.79 Å². The maximum absolute atomic E-state index is 12.9. The summed E-state index contributed by atoms with van der Waals surface area (Å²) < 4.78 is 42.7. The predicted molar refractivity (Wildman–Crippen MR) is 128 cm³/mol. The van der Waals surface area contributed by atoms with Gasteiger partial charge in [0.1, 0.15) is 12.7 Å². The Hall–Kier alpha value is -3.26. The number of ether oxygens (including phenoxy) is 8. The molecule has 0 saturated carbocycles. The number of carbonyl (C=O) groups is 6. The molecule has 0 aromatic heterocycles. The van der Waals surface area contributed by atoms with Crippen molar-refractivity contribution in [2.75, 3.05) is 20.8 Å². The van der Waals surface area contributed by atoms with E-state index in [2.05, 4.69) is 0 Å². The number of hydrogen-bond donors (Lipinski definition) is 0. The summed E-state index contributed by atoms with van der Waals surface area (Å²) in [7, 11) is 2.22. The number of esters is 6. The summed E-state index contributed by atoms with van der Waals surface area (Å²) in [6.07, 6.45) is -9.07. The van der Waals surface area contributed by atoms with Crippen molar-refractivity contribution in [2.45, 2.75) is 91.7 Å². The number of rotatable bonds is 11. The lowest BCUT2D eigenvalue weighted by Crippen LogP contribution is -2.64. The highest BCUT2D eigenvalue weighted by atomic mass is 16.7. The van der Waals surface area contributed by atoms with Crippen molar-refractivity contribution in [1.82, 2.24) is 0 Å². The fourth-order valence-electron chi connectivity index (χ4n) is 4.00. The van der Waals surface area contributed by atoms with Crippen molar-refractivity contribution in [3.8, 4) is 0 Å². The van der Waals surface area contributed by atoms with E-state index in [1.165, 1.54) is 0 Å². The van der Waals surface area contributed by atoms with Crippen molar-refractivity contribution < 1.29 is 66.7 Å². The van der Waals surface area contributed by atoms with Crippen molar-refractivity contribution in [2.24, 2.45) is 11.3 Å². The summed E-state index contributed by atoms with van der Waals surface area (Å²) in [5.74, 6) is -6.16. The monoisotopic (exact) mass is 562 g/mol. The summed E-state index contributed by atoms with van der Waals surface area (Å²) >= 11 is 0. The predicted octanol–water partition coefficient (Wildman–Crippen LogP) is 0.853. The summed E-state index contributed by atoms with van der Waals surface area (Å²) in [6.45, 7) is 9.31. The van der Waals surface area contributed by atoms with Gasteiger partial charge in [0.2, 0.25) is 0 Å². The molecule has 0 radical (unpaired) electrons. The average Bonchev–Trinajstić information content (AvgIpc) is 2.80. The van der Waals surface area contributed by atoms with Gasteiger partial charge in [-0.05, 0) is 11.8 Å². The highest BCUT2D eigenvalue weighted by molar-refractivity contribution is 5.84. The Kier molecular flexibility index (Phi) is 12.8. The molecule has 1 fully saturated rings. The van der Waals surface area contributed by atoms with Crippen molar-refractivity contribution in [3.05, 3.63) is 0 Å². The Labute approximate surface area is 226 Å². The summed E-state index contributed by atoms with van der Waals surface area (Å²) in [4.78, 5) is 73.1. The molecule has 0 spiro atoms. The first-order valence-corrected chi connectivity index (χ1v) is 12.1. The van der Waals surface area contributed by atoms with E-state index in [9.17, 15) is 28.8 Å². The molecule has 0 bridgehead atoms. The molecular weight excluding hydrogens is 524 g/mol. The van der Waals surface area contributed by atoms with Crippen molar-refractivity contribution in [3.63, 3.8) is 0 Å². The molecule has 14 nitrogen and oxygen atoms in total. The van der Waals surface area contributed by atoms with Crippen LogP contribution in [0.15, 0.2) is 0 Å². The van der Waals surface area contributed by atoms with E-state index in [-0.39, 0.29) is 6.42 Å². The van der Waals surface area contributed by atoms with Crippen LogP contribution in [0.3, 0.4) is 0 Å². The van der Waals surface area contributed by atoms with Gasteiger partial charge in [-0.1, -0.05) is 20.8 Å². The third-order valence-electron chi connectivity index (χ3n) is 5.36. The molecule has 222 valence electrons. The molecule has 0 aromatic rings. The van der Waals surface area contributed by atoms with Crippen LogP contribution in [-0.4, -0.2) is 93.5 Å². The van der Waals surface area contributed by atoms with E-state index < -0.39 is 90.6 Å². The minimum absolute atomic E-state index is 0.102. The Morgan fingerprint density at radius 3 is 1.64 bits per heavy atom. The molecule has 1 aliphatic rings. The first-order chi connectivity index (χ1) is 18.0. The van der Waals surface area contributed by atoms with Crippen LogP contribution in [0.4, 0.5) is 0 Å². The molecule has 0 unspecified atom stereocenters. The van der Waals surface area contributed by atoms with Crippen LogP contribution < -0.4 is 0 Å². The third-order valence-corrected chi connectivity index (χ3v) is 5.36. The topological polar surface area (TPSA) is 176 Å². The van der Waals surface area contributed by atoms with E-state index in [1.54, 1.807) is 0 Å². The van der Waals surface area contributed by atoms with E-state index in [0.29, 0.717) is 0 Å². The Bertz CT molecular complexity index is 907. The maximum atomic E-state index is 12.9. The molecule has 7 atom stereocenters. The number of carbonyl (C=O) groups excluding carboxylic acids is 6. The minimum Gasteiger partial charge on any atom is -0.469 e. The lowest BCUT2D eigenvalue weighted by molar-refractivity contribution is -0.318. The van der Waals surface area contributed by atoms with Crippen molar-refractivity contribution >= 4 is 35.8 Å². The van der Waals surface area contributed by atoms with Gasteiger partial charge in [0, 0.05) is 27.7 Å². The Balaban J connectivity index is 3.67. The fraction of sp³-hybridized carbons (Fsp3) is 0.760. The lowest BCUT2D eigenvalue weighted by atomic mass is 9.82. The molecule has 1 aliphatic heterocycles. The van der Waals surface area contributed by atoms with Gasteiger partial charge in [0.05, 0.1) is 20.1 Å². The van der Waals surface area contributed by atoms with Gasteiger partial charge in [0.25, 0.3) is 0 Å². The molecular formula is C25H38O14. The second kappa shape index (κ2) is 14.8. The fourth-order valence-corrected chi connectivity index (χ4v) is 4.00. The minimum atomic E-state index is -1.69. The average molecular weight is 563 g/mol. The van der Waals surface area contributed by atoms with Crippen LogP contribution in [0, 0.1) is 11.3 Å². The standard InChI is InChI=1S/C25H38O14/c1-12(26)34-11-17-19(35-13(2)27)20(36-14(3)28)21(37-15(4)29)24(38-17)39-18(23(31)33-9)16(22(30)32-8)10-25(5,6)7/h16-21,24H,10-11H2,1-9H3/t16-,17-,18-,19+,20+,21-,24+/m1/s1. The largest absolute Gasteiger partial charge is 0.469 e. The smallest absolute Gasteiger partial charge is 0.336 e. The molecule has 1 heterocycles. The molecule has 1 rings (SSSR count). The quantitative estimate of drug-likeness (QED) is 0.256. The third kappa shape index (κ3) is 10.8. The molecule has 1 saturated heterocycles. The molecule has 14 heteroatoms. The van der Waals surface area contributed by atoms with E-state index in [1.807, 2.05) is 20.8 Å². The second-order valence-corrected chi connectivity index (χ2v) is 10.0. The van der Waals surface area contributed by atoms with E-state index in [0.717, 1.165) is 41.9 Å². The van der Waals surface area contributed by atoms with Crippen LogP contribution in [0.2, 0.25) is 0 Å². The van der Waals surface area contributed by atoms with Crippen LogP contribution in [0.5, 0.6) is 0 Å². The summed E-state index contributed by atoms with van der Waals surface area (Å²) in [5, 5.41) is 0. The lowest BCUT2D eigenvalue weighted by Gasteiger charge is -2.45. The zero-order chi connectivity index (χ0) is 30.1. The molecule has 39 heavy (non-hydrogen) atoms. The molecule has 0 amide bonds. The molecule has 0 N–H and O–H groups in total. The molecule has 0 aliphatic carbocycles.